The lowest BCUT2D eigenvalue weighted by Gasteiger charge is -2.39. The lowest BCUT2D eigenvalue weighted by molar-refractivity contribution is -0.145. The Morgan fingerprint density at radius 3 is 2.35 bits per heavy atom. The Morgan fingerprint density at radius 1 is 1.09 bits per heavy atom. The number of piperidine rings is 1. The Kier molecular flexibility index (Phi) is 4.79. The standard InChI is InChI=1S/C19H27NO3/c1-23-15-8-9-17(20-12-6-3-7-13-20)16(14-15)19(18(21)22)10-4-2-5-11-19/h8-9,14H,2-7,10-13H2,1H3,(H,21,22). The van der Waals surface area contributed by atoms with Gasteiger partial charge in [-0.25, -0.2) is 0 Å². The van der Waals surface area contributed by atoms with Crippen LogP contribution in [0.15, 0.2) is 18.2 Å². The molecule has 0 aromatic heterocycles. The Labute approximate surface area is 138 Å². The molecule has 0 unspecified atom stereocenters. The summed E-state index contributed by atoms with van der Waals surface area (Å²) in [6.07, 6.45) is 8.22. The molecule has 1 heterocycles. The molecular formula is C19H27NO3. The smallest absolute Gasteiger partial charge is 0.314 e. The molecule has 2 aliphatic rings. The van der Waals surface area contributed by atoms with Crippen LogP contribution in [0.1, 0.15) is 56.9 Å². The van der Waals surface area contributed by atoms with Crippen molar-refractivity contribution in [1.82, 2.24) is 0 Å². The van der Waals surface area contributed by atoms with Crippen molar-refractivity contribution in [3.8, 4) is 5.75 Å². The fourth-order valence-electron chi connectivity index (χ4n) is 4.19. The summed E-state index contributed by atoms with van der Waals surface area (Å²) in [5.74, 6) is 0.0793. The molecule has 0 bridgehead atoms. The van der Waals surface area contributed by atoms with Gasteiger partial charge in [0.05, 0.1) is 12.5 Å². The minimum atomic E-state index is -0.750. The van der Waals surface area contributed by atoms with Crippen molar-refractivity contribution in [2.24, 2.45) is 0 Å². The zero-order chi connectivity index (χ0) is 16.3. The fraction of sp³-hybridized carbons (Fsp3) is 0.632. The number of hydrogen-bond donors (Lipinski definition) is 1. The van der Waals surface area contributed by atoms with Gasteiger partial charge < -0.3 is 14.7 Å². The van der Waals surface area contributed by atoms with E-state index in [9.17, 15) is 9.90 Å². The number of rotatable bonds is 4. The molecule has 0 amide bonds. The van der Waals surface area contributed by atoms with Crippen molar-refractivity contribution in [2.75, 3.05) is 25.1 Å². The molecule has 1 saturated carbocycles. The van der Waals surface area contributed by atoms with Crippen LogP contribution in [0.5, 0.6) is 5.75 Å². The quantitative estimate of drug-likeness (QED) is 0.913. The largest absolute Gasteiger partial charge is 0.497 e. The highest BCUT2D eigenvalue weighted by molar-refractivity contribution is 5.84. The SMILES string of the molecule is COc1ccc(N2CCCCC2)c(C2(C(=O)O)CCCCC2)c1. The summed E-state index contributed by atoms with van der Waals surface area (Å²) in [7, 11) is 1.65. The lowest BCUT2D eigenvalue weighted by atomic mass is 9.68. The van der Waals surface area contributed by atoms with E-state index < -0.39 is 11.4 Å². The third-order valence-corrected chi connectivity index (χ3v) is 5.53. The van der Waals surface area contributed by atoms with E-state index in [0.29, 0.717) is 0 Å². The number of carboxylic acid groups (broad SMARTS) is 1. The molecule has 0 radical (unpaired) electrons. The molecule has 4 heteroatoms. The molecule has 23 heavy (non-hydrogen) atoms. The molecule has 2 fully saturated rings. The van der Waals surface area contributed by atoms with Gasteiger partial charge in [-0.2, -0.15) is 0 Å². The first kappa shape index (κ1) is 16.2. The van der Waals surface area contributed by atoms with Crippen LogP contribution >= 0.6 is 0 Å². The second kappa shape index (κ2) is 6.81. The fourth-order valence-corrected chi connectivity index (χ4v) is 4.19. The van der Waals surface area contributed by atoms with E-state index >= 15 is 0 Å². The van der Waals surface area contributed by atoms with Crippen molar-refractivity contribution in [2.45, 2.75) is 56.8 Å². The number of ether oxygens (including phenoxy) is 1. The normalized spacial score (nSPS) is 21.0. The van der Waals surface area contributed by atoms with Gasteiger partial charge in [-0.15, -0.1) is 0 Å². The van der Waals surface area contributed by atoms with Crippen LogP contribution in [0.3, 0.4) is 0 Å². The van der Waals surface area contributed by atoms with Crippen molar-refractivity contribution >= 4 is 11.7 Å². The zero-order valence-electron chi connectivity index (χ0n) is 14.0. The number of nitrogens with zero attached hydrogens (tertiary/aromatic N) is 1. The summed E-state index contributed by atoms with van der Waals surface area (Å²) < 4.78 is 5.40. The van der Waals surface area contributed by atoms with Gasteiger partial charge in [0.2, 0.25) is 0 Å². The highest BCUT2D eigenvalue weighted by Crippen LogP contribution is 2.45. The molecule has 1 aliphatic heterocycles. The maximum Gasteiger partial charge on any atom is 0.314 e. The zero-order valence-corrected chi connectivity index (χ0v) is 14.0. The third kappa shape index (κ3) is 3.04. The maximum absolute atomic E-state index is 12.3. The molecule has 4 nitrogen and oxygen atoms in total. The number of hydrogen-bond acceptors (Lipinski definition) is 3. The van der Waals surface area contributed by atoms with Crippen molar-refractivity contribution < 1.29 is 14.6 Å². The van der Waals surface area contributed by atoms with E-state index in [1.54, 1.807) is 7.11 Å². The Hall–Kier alpha value is -1.71. The summed E-state index contributed by atoms with van der Waals surface area (Å²) in [5.41, 5.74) is 1.32. The van der Waals surface area contributed by atoms with Crippen LogP contribution in [-0.2, 0) is 10.2 Å². The van der Waals surface area contributed by atoms with Crippen LogP contribution in [-0.4, -0.2) is 31.3 Å². The third-order valence-electron chi connectivity index (χ3n) is 5.53. The number of methoxy groups -OCH3 is 1. The van der Waals surface area contributed by atoms with E-state index in [1.165, 1.54) is 19.3 Å². The predicted molar refractivity (Wildman–Crippen MR) is 91.5 cm³/mol. The Balaban J connectivity index is 2.08. The summed E-state index contributed by atoms with van der Waals surface area (Å²) >= 11 is 0. The second-order valence-electron chi connectivity index (χ2n) is 6.88. The van der Waals surface area contributed by atoms with E-state index in [0.717, 1.165) is 62.2 Å². The topological polar surface area (TPSA) is 49.8 Å². The maximum atomic E-state index is 12.3. The summed E-state index contributed by atoms with van der Waals surface area (Å²) in [4.78, 5) is 14.6. The van der Waals surface area contributed by atoms with E-state index in [4.69, 9.17) is 4.74 Å². The Morgan fingerprint density at radius 2 is 1.74 bits per heavy atom. The average molecular weight is 317 g/mol. The van der Waals surface area contributed by atoms with Gasteiger partial charge in [-0.05, 0) is 55.9 Å². The second-order valence-corrected chi connectivity index (χ2v) is 6.88. The number of anilines is 1. The molecule has 1 aromatic rings. The monoisotopic (exact) mass is 317 g/mol. The molecule has 0 spiro atoms. The molecule has 1 N–H and O–H groups in total. The number of aliphatic carboxylic acids is 1. The summed E-state index contributed by atoms with van der Waals surface area (Å²) in [6.45, 7) is 2.05. The van der Waals surface area contributed by atoms with Gasteiger partial charge in [-0.1, -0.05) is 19.3 Å². The summed E-state index contributed by atoms with van der Waals surface area (Å²) in [5, 5.41) is 10.1. The van der Waals surface area contributed by atoms with Crippen molar-refractivity contribution in [1.29, 1.82) is 0 Å². The van der Waals surface area contributed by atoms with Gasteiger partial charge in [0, 0.05) is 18.8 Å². The van der Waals surface area contributed by atoms with Crippen molar-refractivity contribution in [3.05, 3.63) is 23.8 Å². The minimum Gasteiger partial charge on any atom is -0.497 e. The Bertz CT molecular complexity index is 558. The molecule has 0 atom stereocenters. The average Bonchev–Trinajstić information content (AvgIpc) is 2.62. The number of benzene rings is 1. The van der Waals surface area contributed by atoms with Crippen LogP contribution < -0.4 is 9.64 Å². The predicted octanol–water partition coefficient (Wildman–Crippen LogP) is 3.97. The molecular weight excluding hydrogens is 290 g/mol. The van der Waals surface area contributed by atoms with Crippen LogP contribution in [0.25, 0.3) is 0 Å². The van der Waals surface area contributed by atoms with E-state index in [2.05, 4.69) is 11.0 Å². The first-order chi connectivity index (χ1) is 11.2. The molecule has 126 valence electrons. The number of carboxylic acids is 1. The van der Waals surface area contributed by atoms with Gasteiger partial charge >= 0.3 is 5.97 Å². The molecule has 3 rings (SSSR count). The van der Waals surface area contributed by atoms with Gasteiger partial charge in [0.25, 0.3) is 0 Å². The minimum absolute atomic E-state index is 0.677. The van der Waals surface area contributed by atoms with Gasteiger partial charge in [0.15, 0.2) is 0 Å². The van der Waals surface area contributed by atoms with Crippen LogP contribution in [0.2, 0.25) is 0 Å². The first-order valence-corrected chi connectivity index (χ1v) is 8.84. The van der Waals surface area contributed by atoms with Crippen LogP contribution in [0.4, 0.5) is 5.69 Å². The highest BCUT2D eigenvalue weighted by atomic mass is 16.5. The van der Waals surface area contributed by atoms with Crippen molar-refractivity contribution in [3.63, 3.8) is 0 Å². The van der Waals surface area contributed by atoms with Crippen LogP contribution in [0, 0.1) is 0 Å². The van der Waals surface area contributed by atoms with E-state index in [1.807, 2.05) is 12.1 Å². The molecule has 1 saturated heterocycles. The lowest BCUT2D eigenvalue weighted by Crippen LogP contribution is -2.40. The first-order valence-electron chi connectivity index (χ1n) is 8.84. The van der Waals surface area contributed by atoms with E-state index in [-0.39, 0.29) is 0 Å². The highest BCUT2D eigenvalue weighted by Gasteiger charge is 2.43. The van der Waals surface area contributed by atoms with Gasteiger partial charge in [-0.3, -0.25) is 4.79 Å². The molecule has 1 aromatic carbocycles. The van der Waals surface area contributed by atoms with Gasteiger partial charge in [0.1, 0.15) is 5.75 Å². The molecule has 1 aliphatic carbocycles. The number of carbonyl (C=O) groups is 1. The summed E-state index contributed by atoms with van der Waals surface area (Å²) in [6, 6.07) is 6.01.